The smallest absolute Gasteiger partial charge is 0.0431 e. The number of hydrogen-bond acceptors (Lipinski definition) is 2. The van der Waals surface area contributed by atoms with Crippen LogP contribution in [0.3, 0.4) is 0 Å². The topological polar surface area (TPSA) is 38.4 Å². The van der Waals surface area contributed by atoms with Gasteiger partial charge in [0.25, 0.3) is 0 Å². The maximum absolute atomic E-state index is 5.76. The number of nitrogens with zero attached hydrogens (tertiary/aromatic N) is 1. The summed E-state index contributed by atoms with van der Waals surface area (Å²) in [6.45, 7) is 0.817. The van der Waals surface area contributed by atoms with Crippen LogP contribution in [0.15, 0.2) is 52.7 Å². The van der Waals surface area contributed by atoms with Gasteiger partial charge >= 0.3 is 0 Å². The van der Waals surface area contributed by atoms with Gasteiger partial charge in [0.1, 0.15) is 0 Å². The molecule has 122 valence electrons. The van der Waals surface area contributed by atoms with Crippen molar-refractivity contribution in [3.63, 3.8) is 0 Å². The molecular formula is C21H28N2. The Balaban J connectivity index is 1.86. The van der Waals surface area contributed by atoms with E-state index in [0.717, 1.165) is 44.6 Å². The molecule has 1 aromatic rings. The summed E-state index contributed by atoms with van der Waals surface area (Å²) >= 11 is 0. The molecule has 0 saturated heterocycles. The van der Waals surface area contributed by atoms with Crippen molar-refractivity contribution in [1.82, 2.24) is 0 Å². The predicted molar refractivity (Wildman–Crippen MR) is 99.4 cm³/mol. The van der Waals surface area contributed by atoms with Gasteiger partial charge in [0.05, 0.1) is 0 Å². The van der Waals surface area contributed by atoms with Crippen LogP contribution in [0.4, 0.5) is 0 Å². The summed E-state index contributed by atoms with van der Waals surface area (Å²) < 4.78 is 0. The molecule has 2 N–H and O–H groups in total. The highest BCUT2D eigenvalue weighted by atomic mass is 14.7. The van der Waals surface area contributed by atoms with Gasteiger partial charge in [-0.2, -0.15) is 0 Å². The van der Waals surface area contributed by atoms with Crippen molar-refractivity contribution in [3.8, 4) is 0 Å². The van der Waals surface area contributed by atoms with Crippen LogP contribution in [-0.2, 0) is 0 Å². The molecule has 0 saturated carbocycles. The Morgan fingerprint density at radius 1 is 1.04 bits per heavy atom. The molecule has 3 rings (SSSR count). The number of hydrogen-bond donors (Lipinski definition) is 1. The Kier molecular flexibility index (Phi) is 5.82. The number of nitrogens with two attached hydrogens (primary N) is 1. The lowest BCUT2D eigenvalue weighted by molar-refractivity contribution is 0.404. The summed E-state index contributed by atoms with van der Waals surface area (Å²) in [6, 6.07) is 10.8. The number of benzene rings is 1. The minimum absolute atomic E-state index is 0.785. The SMILES string of the molecule is NCCC1CCCC2=C(CC1)N=CCCC(c1ccccc1)=C2. The zero-order valence-electron chi connectivity index (χ0n) is 14.0. The average Bonchev–Trinajstić information content (AvgIpc) is 2.55. The molecule has 0 spiro atoms. The van der Waals surface area contributed by atoms with E-state index in [0.29, 0.717) is 0 Å². The number of allylic oxidation sites excluding steroid dienone is 4. The van der Waals surface area contributed by atoms with Crippen LogP contribution >= 0.6 is 0 Å². The standard InChI is InChI=1S/C21H28N2/c22-14-13-17-6-4-9-20-16-19(18-7-2-1-3-8-18)10-5-15-23-21(20)12-11-17/h1-3,7-8,15-17H,4-6,9-14,22H2. The van der Waals surface area contributed by atoms with E-state index in [1.807, 2.05) is 0 Å². The van der Waals surface area contributed by atoms with E-state index in [1.165, 1.54) is 41.7 Å². The predicted octanol–water partition coefficient (Wildman–Crippen LogP) is 5.12. The molecule has 1 aliphatic carbocycles. The Morgan fingerprint density at radius 2 is 1.91 bits per heavy atom. The second-order valence-electron chi connectivity index (χ2n) is 6.73. The molecule has 1 heterocycles. The van der Waals surface area contributed by atoms with E-state index in [2.05, 4.69) is 42.6 Å². The second kappa shape index (κ2) is 8.26. The van der Waals surface area contributed by atoms with E-state index in [4.69, 9.17) is 10.7 Å². The number of rotatable bonds is 3. The average molecular weight is 308 g/mol. The Labute approximate surface area is 140 Å². The lowest BCUT2D eigenvalue weighted by Crippen LogP contribution is -2.11. The van der Waals surface area contributed by atoms with E-state index in [-0.39, 0.29) is 0 Å². The van der Waals surface area contributed by atoms with Crippen LogP contribution in [0.25, 0.3) is 5.57 Å². The lowest BCUT2D eigenvalue weighted by atomic mass is 9.86. The van der Waals surface area contributed by atoms with Crippen molar-refractivity contribution in [3.05, 3.63) is 53.2 Å². The fourth-order valence-corrected chi connectivity index (χ4v) is 3.76. The molecule has 0 bridgehead atoms. The summed E-state index contributed by atoms with van der Waals surface area (Å²) in [6.07, 6.45) is 13.9. The fraction of sp³-hybridized carbons (Fsp3) is 0.476. The largest absolute Gasteiger partial charge is 0.330 e. The molecule has 1 aliphatic heterocycles. The van der Waals surface area contributed by atoms with Crippen molar-refractivity contribution in [1.29, 1.82) is 0 Å². The molecular weight excluding hydrogens is 280 g/mol. The first-order valence-electron chi connectivity index (χ1n) is 9.07. The quantitative estimate of drug-likeness (QED) is 0.827. The lowest BCUT2D eigenvalue weighted by Gasteiger charge is -2.22. The minimum atomic E-state index is 0.785. The zero-order chi connectivity index (χ0) is 15.9. The van der Waals surface area contributed by atoms with Crippen LogP contribution in [-0.4, -0.2) is 12.8 Å². The molecule has 0 radical (unpaired) electrons. The monoisotopic (exact) mass is 308 g/mol. The fourth-order valence-electron chi connectivity index (χ4n) is 3.76. The maximum atomic E-state index is 5.76. The van der Waals surface area contributed by atoms with Gasteiger partial charge in [-0.3, -0.25) is 4.99 Å². The Hall–Kier alpha value is -1.67. The van der Waals surface area contributed by atoms with Gasteiger partial charge in [0, 0.05) is 11.9 Å². The highest BCUT2D eigenvalue weighted by molar-refractivity contribution is 5.73. The summed E-state index contributed by atoms with van der Waals surface area (Å²) in [7, 11) is 0. The molecule has 0 amide bonds. The van der Waals surface area contributed by atoms with Crippen molar-refractivity contribution in [2.45, 2.75) is 51.4 Å². The van der Waals surface area contributed by atoms with Gasteiger partial charge in [-0.05, 0) is 74.1 Å². The normalized spacial score (nSPS) is 22.5. The molecule has 2 nitrogen and oxygen atoms in total. The highest BCUT2D eigenvalue weighted by Gasteiger charge is 2.16. The summed E-state index contributed by atoms with van der Waals surface area (Å²) in [5.41, 5.74) is 11.4. The molecule has 1 unspecified atom stereocenters. The van der Waals surface area contributed by atoms with E-state index >= 15 is 0 Å². The third-order valence-corrected chi connectivity index (χ3v) is 5.08. The van der Waals surface area contributed by atoms with Crippen LogP contribution in [0, 0.1) is 5.92 Å². The van der Waals surface area contributed by atoms with Gasteiger partial charge in [-0.1, -0.05) is 42.8 Å². The molecule has 2 heteroatoms. The van der Waals surface area contributed by atoms with Gasteiger partial charge < -0.3 is 5.73 Å². The van der Waals surface area contributed by atoms with Gasteiger partial charge in [-0.25, -0.2) is 0 Å². The molecule has 0 aromatic heterocycles. The van der Waals surface area contributed by atoms with Crippen molar-refractivity contribution < 1.29 is 0 Å². The first-order valence-corrected chi connectivity index (χ1v) is 9.07. The van der Waals surface area contributed by atoms with Crippen LogP contribution < -0.4 is 5.73 Å². The molecule has 0 fully saturated rings. The molecule has 1 atom stereocenters. The maximum Gasteiger partial charge on any atom is 0.0431 e. The zero-order valence-corrected chi connectivity index (χ0v) is 14.0. The molecule has 1 aromatic carbocycles. The molecule has 2 aliphatic rings. The summed E-state index contributed by atoms with van der Waals surface area (Å²) in [5, 5.41) is 0. The van der Waals surface area contributed by atoms with Gasteiger partial charge in [-0.15, -0.1) is 0 Å². The highest BCUT2D eigenvalue weighted by Crippen LogP contribution is 2.33. The van der Waals surface area contributed by atoms with E-state index in [1.54, 1.807) is 0 Å². The van der Waals surface area contributed by atoms with Crippen LogP contribution in [0.2, 0.25) is 0 Å². The van der Waals surface area contributed by atoms with E-state index < -0.39 is 0 Å². The van der Waals surface area contributed by atoms with Crippen molar-refractivity contribution in [2.75, 3.05) is 6.54 Å². The van der Waals surface area contributed by atoms with E-state index in [9.17, 15) is 0 Å². The third-order valence-electron chi connectivity index (χ3n) is 5.08. The summed E-state index contributed by atoms with van der Waals surface area (Å²) in [5.74, 6) is 0.785. The van der Waals surface area contributed by atoms with Crippen LogP contribution in [0.1, 0.15) is 56.9 Å². The summed E-state index contributed by atoms with van der Waals surface area (Å²) in [4.78, 5) is 4.81. The first kappa shape index (κ1) is 16.2. The van der Waals surface area contributed by atoms with Gasteiger partial charge in [0.2, 0.25) is 0 Å². The van der Waals surface area contributed by atoms with Gasteiger partial charge in [0.15, 0.2) is 0 Å². The number of aliphatic imine (C=N–C) groups is 1. The van der Waals surface area contributed by atoms with Crippen molar-refractivity contribution >= 4 is 11.8 Å². The Morgan fingerprint density at radius 3 is 2.74 bits per heavy atom. The Bertz CT molecular complexity index is 596. The third kappa shape index (κ3) is 4.42. The minimum Gasteiger partial charge on any atom is -0.330 e. The van der Waals surface area contributed by atoms with Crippen LogP contribution in [0.5, 0.6) is 0 Å². The molecule has 23 heavy (non-hydrogen) atoms. The second-order valence-corrected chi connectivity index (χ2v) is 6.73. The van der Waals surface area contributed by atoms with Crippen molar-refractivity contribution in [2.24, 2.45) is 16.6 Å². The first-order chi connectivity index (χ1) is 11.4.